The molecule has 0 aliphatic rings. The Hall–Kier alpha value is -2.56. The predicted octanol–water partition coefficient (Wildman–Crippen LogP) is 3.30. The van der Waals surface area contributed by atoms with Gasteiger partial charge < -0.3 is 14.2 Å². The molecule has 4 nitrogen and oxygen atoms in total. The van der Waals surface area contributed by atoms with Crippen molar-refractivity contribution in [3.8, 4) is 22.6 Å². The molecule has 0 unspecified atom stereocenters. The smallest absolute Gasteiger partial charge is 0.337 e. The molecule has 0 aliphatic heterocycles. The first-order valence-electron chi connectivity index (χ1n) is 6.19. The number of carbonyl (C=O) groups excluding carboxylic acids is 1. The number of rotatable bonds is 4. The largest absolute Gasteiger partial charge is 0.497 e. The third-order valence-electron chi connectivity index (χ3n) is 3.00. The predicted molar refractivity (Wildman–Crippen MR) is 76.3 cm³/mol. The van der Waals surface area contributed by atoms with E-state index in [1.54, 1.807) is 24.3 Å². The summed E-state index contributed by atoms with van der Waals surface area (Å²) >= 11 is 0. The van der Waals surface area contributed by atoms with Crippen molar-refractivity contribution in [3.63, 3.8) is 0 Å². The summed E-state index contributed by atoms with van der Waals surface area (Å²) in [7, 11) is 4.31. The standard InChI is InChI=1S/C16H15FO4/c1-19-14-7-11(8-15(9-14)20-2)10-4-12(16(18)21-3)6-13(17)5-10/h4-9H,1-3H3. The van der Waals surface area contributed by atoms with Crippen LogP contribution in [0, 0.1) is 5.82 Å². The van der Waals surface area contributed by atoms with Crippen LogP contribution in [0.25, 0.3) is 11.1 Å². The highest BCUT2D eigenvalue weighted by Gasteiger charge is 2.11. The molecule has 5 heteroatoms. The molecule has 0 aromatic heterocycles. The van der Waals surface area contributed by atoms with Crippen molar-refractivity contribution in [1.82, 2.24) is 0 Å². The average molecular weight is 290 g/mol. The molecule has 0 spiro atoms. The van der Waals surface area contributed by atoms with Gasteiger partial charge in [0.15, 0.2) is 0 Å². The minimum Gasteiger partial charge on any atom is -0.497 e. The van der Waals surface area contributed by atoms with Crippen LogP contribution < -0.4 is 9.47 Å². The Kier molecular flexibility index (Phi) is 4.42. The van der Waals surface area contributed by atoms with Crippen LogP contribution in [0.5, 0.6) is 11.5 Å². The molecule has 0 fully saturated rings. The van der Waals surface area contributed by atoms with Crippen molar-refractivity contribution < 1.29 is 23.4 Å². The highest BCUT2D eigenvalue weighted by Crippen LogP contribution is 2.30. The summed E-state index contributed by atoms with van der Waals surface area (Å²) in [5, 5.41) is 0. The summed E-state index contributed by atoms with van der Waals surface area (Å²) in [6, 6.07) is 9.21. The summed E-state index contributed by atoms with van der Waals surface area (Å²) in [6.45, 7) is 0. The SMILES string of the molecule is COC(=O)c1cc(F)cc(-c2cc(OC)cc(OC)c2)c1. The Balaban J connectivity index is 2.55. The molecule has 0 saturated carbocycles. The fraction of sp³-hybridized carbons (Fsp3) is 0.188. The molecule has 0 saturated heterocycles. The summed E-state index contributed by atoms with van der Waals surface area (Å²) < 4.78 is 28.7. The van der Waals surface area contributed by atoms with Gasteiger partial charge in [-0.05, 0) is 41.5 Å². The molecule has 0 aliphatic carbocycles. The quantitative estimate of drug-likeness (QED) is 0.810. The first-order valence-corrected chi connectivity index (χ1v) is 6.19. The molecular formula is C16H15FO4. The van der Waals surface area contributed by atoms with E-state index < -0.39 is 11.8 Å². The Labute approximate surface area is 122 Å². The molecule has 0 radical (unpaired) electrons. The van der Waals surface area contributed by atoms with E-state index in [0.717, 1.165) is 6.07 Å². The molecule has 110 valence electrons. The van der Waals surface area contributed by atoms with Gasteiger partial charge in [-0.25, -0.2) is 9.18 Å². The van der Waals surface area contributed by atoms with E-state index in [-0.39, 0.29) is 5.56 Å². The molecular weight excluding hydrogens is 275 g/mol. The van der Waals surface area contributed by atoms with Gasteiger partial charge >= 0.3 is 5.97 Å². The monoisotopic (exact) mass is 290 g/mol. The molecule has 0 heterocycles. The number of hydrogen-bond donors (Lipinski definition) is 0. The first-order chi connectivity index (χ1) is 10.1. The molecule has 0 N–H and O–H groups in total. The molecule has 2 aromatic rings. The lowest BCUT2D eigenvalue weighted by molar-refractivity contribution is 0.0600. The highest BCUT2D eigenvalue weighted by atomic mass is 19.1. The maximum atomic E-state index is 13.7. The number of carbonyl (C=O) groups is 1. The van der Waals surface area contributed by atoms with E-state index >= 15 is 0 Å². The number of halogens is 1. The Morgan fingerprint density at radius 3 is 1.95 bits per heavy atom. The highest BCUT2D eigenvalue weighted by molar-refractivity contribution is 5.91. The van der Waals surface area contributed by atoms with Crippen LogP contribution in [0.2, 0.25) is 0 Å². The van der Waals surface area contributed by atoms with E-state index in [2.05, 4.69) is 4.74 Å². The fourth-order valence-corrected chi connectivity index (χ4v) is 1.97. The van der Waals surface area contributed by atoms with Gasteiger partial charge in [0.2, 0.25) is 0 Å². The van der Waals surface area contributed by atoms with Crippen LogP contribution in [0.1, 0.15) is 10.4 Å². The van der Waals surface area contributed by atoms with Gasteiger partial charge in [0.05, 0.1) is 26.9 Å². The summed E-state index contributed by atoms with van der Waals surface area (Å²) in [5.41, 5.74) is 1.36. The van der Waals surface area contributed by atoms with Crippen molar-refractivity contribution >= 4 is 5.97 Å². The van der Waals surface area contributed by atoms with Crippen molar-refractivity contribution in [3.05, 3.63) is 47.8 Å². The van der Waals surface area contributed by atoms with Crippen molar-refractivity contribution in [1.29, 1.82) is 0 Å². The first kappa shape index (κ1) is 14.8. The molecule has 2 rings (SSSR count). The normalized spacial score (nSPS) is 10.1. The van der Waals surface area contributed by atoms with Crippen LogP contribution in [-0.4, -0.2) is 27.3 Å². The number of benzene rings is 2. The summed E-state index contributed by atoms with van der Waals surface area (Å²) in [5.74, 6) is 0.0433. The molecule has 2 aromatic carbocycles. The Bertz CT molecular complexity index is 645. The number of hydrogen-bond acceptors (Lipinski definition) is 4. The van der Waals surface area contributed by atoms with Crippen molar-refractivity contribution in [2.75, 3.05) is 21.3 Å². The lowest BCUT2D eigenvalue weighted by Gasteiger charge is -2.10. The molecule has 0 amide bonds. The van der Waals surface area contributed by atoms with Gasteiger partial charge in [-0.15, -0.1) is 0 Å². The minimum atomic E-state index is -0.592. The van der Waals surface area contributed by atoms with Gasteiger partial charge in [0, 0.05) is 6.07 Å². The van der Waals surface area contributed by atoms with E-state index in [1.807, 2.05) is 0 Å². The Morgan fingerprint density at radius 2 is 1.43 bits per heavy atom. The second kappa shape index (κ2) is 6.26. The van der Waals surface area contributed by atoms with E-state index in [1.165, 1.54) is 27.4 Å². The van der Waals surface area contributed by atoms with Crippen LogP contribution in [0.4, 0.5) is 4.39 Å². The zero-order valence-electron chi connectivity index (χ0n) is 12.0. The number of esters is 1. The summed E-state index contributed by atoms with van der Waals surface area (Å²) in [6.07, 6.45) is 0. The van der Waals surface area contributed by atoms with Crippen molar-refractivity contribution in [2.45, 2.75) is 0 Å². The average Bonchev–Trinajstić information content (AvgIpc) is 2.52. The van der Waals surface area contributed by atoms with E-state index in [9.17, 15) is 9.18 Å². The van der Waals surface area contributed by atoms with Gasteiger partial charge in [-0.1, -0.05) is 0 Å². The molecule has 0 atom stereocenters. The lowest BCUT2D eigenvalue weighted by Crippen LogP contribution is -2.02. The van der Waals surface area contributed by atoms with E-state index in [0.29, 0.717) is 22.6 Å². The third kappa shape index (κ3) is 3.31. The van der Waals surface area contributed by atoms with Crippen LogP contribution in [0.3, 0.4) is 0 Å². The zero-order chi connectivity index (χ0) is 15.4. The molecule has 0 bridgehead atoms. The van der Waals surface area contributed by atoms with Gasteiger partial charge in [0.1, 0.15) is 17.3 Å². The number of methoxy groups -OCH3 is 3. The zero-order valence-corrected chi connectivity index (χ0v) is 12.0. The maximum Gasteiger partial charge on any atom is 0.337 e. The molecule has 21 heavy (non-hydrogen) atoms. The van der Waals surface area contributed by atoms with Gasteiger partial charge in [-0.2, -0.15) is 0 Å². The third-order valence-corrected chi connectivity index (χ3v) is 3.00. The van der Waals surface area contributed by atoms with E-state index in [4.69, 9.17) is 9.47 Å². The Morgan fingerprint density at radius 1 is 0.857 bits per heavy atom. The lowest BCUT2D eigenvalue weighted by atomic mass is 10.0. The number of ether oxygens (including phenoxy) is 3. The van der Waals surface area contributed by atoms with Crippen LogP contribution >= 0.6 is 0 Å². The maximum absolute atomic E-state index is 13.7. The topological polar surface area (TPSA) is 44.8 Å². The van der Waals surface area contributed by atoms with Crippen molar-refractivity contribution in [2.24, 2.45) is 0 Å². The summed E-state index contributed by atoms with van der Waals surface area (Å²) in [4.78, 5) is 11.6. The second-order valence-corrected chi connectivity index (χ2v) is 4.32. The van der Waals surface area contributed by atoms with Gasteiger partial charge in [-0.3, -0.25) is 0 Å². The fourth-order valence-electron chi connectivity index (χ4n) is 1.97. The minimum absolute atomic E-state index is 0.147. The second-order valence-electron chi connectivity index (χ2n) is 4.32. The van der Waals surface area contributed by atoms with Crippen LogP contribution in [0.15, 0.2) is 36.4 Å². The van der Waals surface area contributed by atoms with Crippen LogP contribution in [-0.2, 0) is 4.74 Å². The van der Waals surface area contributed by atoms with Gasteiger partial charge in [0.25, 0.3) is 0 Å².